The van der Waals surface area contributed by atoms with E-state index in [2.05, 4.69) is 26.1 Å². The van der Waals surface area contributed by atoms with E-state index in [4.69, 9.17) is 5.11 Å². The number of rotatable bonds is 5. The van der Waals surface area contributed by atoms with E-state index in [-0.39, 0.29) is 29.2 Å². The van der Waals surface area contributed by atoms with Gasteiger partial charge in [-0.1, -0.05) is 33.6 Å². The largest absolute Gasteiger partial charge is 0.481 e. The summed E-state index contributed by atoms with van der Waals surface area (Å²) in [5.74, 6) is -0.802. The number of hydrogen-bond acceptors (Lipinski definition) is 2. The Balaban J connectivity index is 2.60. The molecule has 0 spiro atoms. The molecule has 0 aliphatic heterocycles. The quantitative estimate of drug-likeness (QED) is 0.806. The maximum Gasteiger partial charge on any atom is 0.303 e. The summed E-state index contributed by atoms with van der Waals surface area (Å²) in [7, 11) is 0. The van der Waals surface area contributed by atoms with Crippen molar-refractivity contribution in [3.05, 3.63) is 0 Å². The number of carbonyl (C=O) groups is 2. The van der Waals surface area contributed by atoms with Crippen LogP contribution in [-0.4, -0.2) is 23.0 Å². The number of carboxylic acid groups (broad SMARTS) is 1. The van der Waals surface area contributed by atoms with Gasteiger partial charge in [-0.15, -0.1) is 0 Å². The minimum Gasteiger partial charge on any atom is -0.481 e. The second kappa shape index (κ2) is 5.93. The van der Waals surface area contributed by atoms with Gasteiger partial charge in [0.15, 0.2) is 0 Å². The van der Waals surface area contributed by atoms with Crippen LogP contribution in [0.15, 0.2) is 0 Å². The van der Waals surface area contributed by atoms with Gasteiger partial charge in [0, 0.05) is 12.5 Å². The number of amides is 1. The molecule has 1 amide bonds. The summed E-state index contributed by atoms with van der Waals surface area (Å²) in [6.07, 6.45) is 4.25. The zero-order chi connectivity index (χ0) is 14.7. The molecule has 0 aromatic heterocycles. The lowest BCUT2D eigenvalue weighted by Gasteiger charge is -2.31. The van der Waals surface area contributed by atoms with Gasteiger partial charge in [0.25, 0.3) is 0 Å². The third kappa shape index (κ3) is 4.84. The van der Waals surface area contributed by atoms with Crippen LogP contribution in [0.25, 0.3) is 0 Å². The van der Waals surface area contributed by atoms with E-state index in [0.717, 1.165) is 25.7 Å². The molecular formula is C15H27NO3. The predicted octanol–water partition coefficient (Wildman–Crippen LogP) is 2.96. The Hall–Kier alpha value is -1.06. The topological polar surface area (TPSA) is 66.4 Å². The average Bonchev–Trinajstić information content (AvgIpc) is 2.62. The highest BCUT2D eigenvalue weighted by Gasteiger charge is 2.38. The Morgan fingerprint density at radius 1 is 1.21 bits per heavy atom. The Morgan fingerprint density at radius 3 is 2.16 bits per heavy atom. The first kappa shape index (κ1) is 16.0. The van der Waals surface area contributed by atoms with Gasteiger partial charge in [-0.3, -0.25) is 9.59 Å². The molecule has 2 N–H and O–H groups in total. The highest BCUT2D eigenvalue weighted by Crippen LogP contribution is 2.44. The number of hydrogen-bond donors (Lipinski definition) is 2. The van der Waals surface area contributed by atoms with Crippen LogP contribution in [0.5, 0.6) is 0 Å². The van der Waals surface area contributed by atoms with Gasteiger partial charge in [-0.2, -0.15) is 0 Å². The average molecular weight is 269 g/mol. The molecule has 0 aromatic rings. The molecule has 1 rings (SSSR count). The minimum atomic E-state index is -0.793. The summed E-state index contributed by atoms with van der Waals surface area (Å²) in [5.41, 5.74) is -0.293. The molecule has 19 heavy (non-hydrogen) atoms. The van der Waals surface area contributed by atoms with E-state index in [1.54, 1.807) is 0 Å². The smallest absolute Gasteiger partial charge is 0.303 e. The first-order valence-corrected chi connectivity index (χ1v) is 7.16. The van der Waals surface area contributed by atoms with Crippen LogP contribution < -0.4 is 5.32 Å². The third-order valence-corrected chi connectivity index (χ3v) is 4.40. The first-order valence-electron chi connectivity index (χ1n) is 7.16. The normalized spacial score (nSPS) is 20.0. The second-order valence-corrected chi connectivity index (χ2v) is 7.11. The lowest BCUT2D eigenvalue weighted by atomic mass is 9.79. The van der Waals surface area contributed by atoms with E-state index >= 15 is 0 Å². The van der Waals surface area contributed by atoms with Crippen LogP contribution in [0, 0.1) is 10.8 Å². The Labute approximate surface area is 116 Å². The van der Waals surface area contributed by atoms with Crippen molar-refractivity contribution in [2.75, 3.05) is 0 Å². The Bertz CT molecular complexity index is 338. The van der Waals surface area contributed by atoms with Gasteiger partial charge in [-0.25, -0.2) is 0 Å². The second-order valence-electron chi connectivity index (χ2n) is 7.11. The van der Waals surface area contributed by atoms with Crippen molar-refractivity contribution in [3.63, 3.8) is 0 Å². The van der Waals surface area contributed by atoms with Crippen molar-refractivity contribution < 1.29 is 14.7 Å². The van der Waals surface area contributed by atoms with Crippen molar-refractivity contribution in [2.45, 2.75) is 72.3 Å². The standard InChI is InChI=1S/C15H27NO3/c1-11(14(2,3)4)16-12(17)9-15(10-13(18)19)7-5-6-8-15/h11H,5-10H2,1-4H3,(H,16,17)(H,18,19). The monoisotopic (exact) mass is 269 g/mol. The van der Waals surface area contributed by atoms with Gasteiger partial charge < -0.3 is 10.4 Å². The SMILES string of the molecule is CC(NC(=O)CC1(CC(=O)O)CCCC1)C(C)(C)C. The van der Waals surface area contributed by atoms with Crippen LogP contribution in [-0.2, 0) is 9.59 Å². The summed E-state index contributed by atoms with van der Waals surface area (Å²) in [5, 5.41) is 12.0. The summed E-state index contributed by atoms with van der Waals surface area (Å²) < 4.78 is 0. The minimum absolute atomic E-state index is 0.00873. The van der Waals surface area contributed by atoms with Crippen LogP contribution in [0.3, 0.4) is 0 Å². The van der Waals surface area contributed by atoms with Gasteiger partial charge >= 0.3 is 5.97 Å². The van der Waals surface area contributed by atoms with E-state index in [0.29, 0.717) is 6.42 Å². The summed E-state index contributed by atoms with van der Waals surface area (Å²) in [6.45, 7) is 8.25. The highest BCUT2D eigenvalue weighted by molar-refractivity contribution is 5.78. The lowest BCUT2D eigenvalue weighted by molar-refractivity contribution is -0.140. The molecule has 4 nitrogen and oxygen atoms in total. The van der Waals surface area contributed by atoms with Gasteiger partial charge in [0.2, 0.25) is 5.91 Å². The van der Waals surface area contributed by atoms with Crippen molar-refractivity contribution >= 4 is 11.9 Å². The zero-order valence-electron chi connectivity index (χ0n) is 12.6. The molecule has 1 unspecified atom stereocenters. The number of carboxylic acids is 1. The number of aliphatic carboxylic acids is 1. The fraction of sp³-hybridized carbons (Fsp3) is 0.867. The van der Waals surface area contributed by atoms with E-state index in [1.807, 2.05) is 6.92 Å². The third-order valence-electron chi connectivity index (χ3n) is 4.40. The molecule has 1 aliphatic carbocycles. The fourth-order valence-electron chi connectivity index (χ4n) is 2.71. The van der Waals surface area contributed by atoms with Crippen LogP contribution in [0.2, 0.25) is 0 Å². The van der Waals surface area contributed by atoms with Crippen molar-refractivity contribution in [1.82, 2.24) is 5.32 Å². The molecule has 0 aromatic carbocycles. The molecule has 0 bridgehead atoms. The predicted molar refractivity (Wildman–Crippen MR) is 74.8 cm³/mol. The van der Waals surface area contributed by atoms with Crippen molar-refractivity contribution in [3.8, 4) is 0 Å². The molecular weight excluding hydrogens is 242 g/mol. The molecule has 0 saturated heterocycles. The Kier molecular flexibility index (Phi) is 4.99. The fourth-order valence-corrected chi connectivity index (χ4v) is 2.71. The molecule has 1 atom stereocenters. The van der Waals surface area contributed by atoms with Gasteiger partial charge in [0.1, 0.15) is 0 Å². The molecule has 0 radical (unpaired) electrons. The molecule has 1 fully saturated rings. The van der Waals surface area contributed by atoms with Crippen molar-refractivity contribution in [2.24, 2.45) is 10.8 Å². The molecule has 1 saturated carbocycles. The number of nitrogens with one attached hydrogen (secondary N) is 1. The van der Waals surface area contributed by atoms with Gasteiger partial charge in [0.05, 0.1) is 6.42 Å². The van der Waals surface area contributed by atoms with E-state index < -0.39 is 5.97 Å². The summed E-state index contributed by atoms with van der Waals surface area (Å²) >= 11 is 0. The summed E-state index contributed by atoms with van der Waals surface area (Å²) in [4.78, 5) is 23.1. The maximum absolute atomic E-state index is 12.1. The molecule has 4 heteroatoms. The highest BCUT2D eigenvalue weighted by atomic mass is 16.4. The zero-order valence-corrected chi connectivity index (χ0v) is 12.6. The van der Waals surface area contributed by atoms with Crippen molar-refractivity contribution in [1.29, 1.82) is 0 Å². The molecule has 0 heterocycles. The van der Waals surface area contributed by atoms with E-state index in [1.165, 1.54) is 0 Å². The van der Waals surface area contributed by atoms with E-state index in [9.17, 15) is 9.59 Å². The number of carbonyl (C=O) groups excluding carboxylic acids is 1. The molecule has 1 aliphatic rings. The van der Waals surface area contributed by atoms with Crippen LogP contribution in [0.4, 0.5) is 0 Å². The van der Waals surface area contributed by atoms with Crippen LogP contribution in [0.1, 0.15) is 66.2 Å². The van der Waals surface area contributed by atoms with Crippen LogP contribution >= 0.6 is 0 Å². The Morgan fingerprint density at radius 2 is 1.74 bits per heavy atom. The maximum atomic E-state index is 12.1. The molecule has 110 valence electrons. The first-order chi connectivity index (χ1) is 8.65. The lowest BCUT2D eigenvalue weighted by Crippen LogP contribution is -2.43. The summed E-state index contributed by atoms with van der Waals surface area (Å²) in [6, 6.07) is 0.0864. The van der Waals surface area contributed by atoms with Gasteiger partial charge in [-0.05, 0) is 30.6 Å².